The second kappa shape index (κ2) is 5.35. The van der Waals surface area contributed by atoms with Crippen LogP contribution in [0.4, 0.5) is 5.00 Å². The van der Waals surface area contributed by atoms with E-state index in [1.165, 1.54) is 11.4 Å². The van der Waals surface area contributed by atoms with Gasteiger partial charge >= 0.3 is 11.0 Å². The highest BCUT2D eigenvalue weighted by atomic mass is 32.1. The van der Waals surface area contributed by atoms with Crippen LogP contribution in [0.25, 0.3) is 0 Å². The monoisotopic (exact) mass is 284 g/mol. The summed E-state index contributed by atoms with van der Waals surface area (Å²) in [6.07, 6.45) is 1.69. The Bertz CT molecular complexity index is 523. The van der Waals surface area contributed by atoms with Gasteiger partial charge in [-0.15, -0.1) is 0 Å². The quantitative estimate of drug-likeness (QED) is 0.609. The molecular formula is C11H12N2O5S. The first kappa shape index (κ1) is 13.5. The zero-order valence-electron chi connectivity index (χ0n) is 9.87. The van der Waals surface area contributed by atoms with Gasteiger partial charge in [-0.1, -0.05) is 11.3 Å². The molecule has 0 bridgehead atoms. The van der Waals surface area contributed by atoms with E-state index in [9.17, 15) is 19.7 Å². The number of nitrogens with one attached hydrogen (secondary N) is 1. The Morgan fingerprint density at radius 1 is 1.58 bits per heavy atom. The number of nitrogens with zero attached hydrogens (tertiary/aromatic N) is 1. The largest absolute Gasteiger partial charge is 0.481 e. The van der Waals surface area contributed by atoms with E-state index < -0.39 is 22.8 Å². The van der Waals surface area contributed by atoms with Gasteiger partial charge in [0.2, 0.25) is 0 Å². The molecule has 0 saturated heterocycles. The highest BCUT2D eigenvalue weighted by Crippen LogP contribution is 2.34. The van der Waals surface area contributed by atoms with Gasteiger partial charge in [0.05, 0.1) is 16.9 Å². The van der Waals surface area contributed by atoms with Crippen LogP contribution in [-0.2, 0) is 4.79 Å². The lowest BCUT2D eigenvalue weighted by Gasteiger charge is -2.15. The average molecular weight is 284 g/mol. The Morgan fingerprint density at radius 2 is 2.26 bits per heavy atom. The van der Waals surface area contributed by atoms with Crippen molar-refractivity contribution in [3.63, 3.8) is 0 Å². The number of rotatable bonds is 6. The van der Waals surface area contributed by atoms with Gasteiger partial charge in [-0.05, 0) is 18.8 Å². The highest BCUT2D eigenvalue weighted by molar-refractivity contribution is 7.13. The smallest absolute Gasteiger partial charge is 0.324 e. The van der Waals surface area contributed by atoms with Gasteiger partial charge in [0.15, 0.2) is 0 Å². The number of amides is 1. The van der Waals surface area contributed by atoms with Crippen LogP contribution >= 0.6 is 11.3 Å². The van der Waals surface area contributed by atoms with Crippen LogP contribution in [0.3, 0.4) is 0 Å². The van der Waals surface area contributed by atoms with Crippen LogP contribution in [0.5, 0.6) is 0 Å². The number of hydrogen-bond acceptors (Lipinski definition) is 5. The van der Waals surface area contributed by atoms with Gasteiger partial charge in [0.25, 0.3) is 5.91 Å². The molecule has 1 saturated carbocycles. The number of nitro groups is 1. The Morgan fingerprint density at radius 3 is 2.74 bits per heavy atom. The van der Waals surface area contributed by atoms with E-state index in [0.717, 1.165) is 24.2 Å². The van der Waals surface area contributed by atoms with Crippen molar-refractivity contribution in [3.8, 4) is 0 Å². The minimum absolute atomic E-state index is 0.105. The summed E-state index contributed by atoms with van der Waals surface area (Å²) in [5.74, 6) is -1.22. The topological polar surface area (TPSA) is 110 Å². The molecule has 1 aromatic rings. The molecule has 7 nitrogen and oxygen atoms in total. The van der Waals surface area contributed by atoms with Crippen molar-refractivity contribution in [3.05, 3.63) is 27.1 Å². The maximum absolute atomic E-state index is 11.9. The number of hydrogen-bond donors (Lipinski definition) is 2. The third-order valence-corrected chi connectivity index (χ3v) is 3.81. The summed E-state index contributed by atoms with van der Waals surface area (Å²) in [6.45, 7) is 0. The number of carbonyl (C=O) groups is 2. The predicted octanol–water partition coefficient (Wildman–Crippen LogP) is 1.64. The molecular weight excluding hydrogens is 272 g/mol. The molecule has 1 unspecified atom stereocenters. The average Bonchev–Trinajstić information content (AvgIpc) is 3.04. The zero-order chi connectivity index (χ0) is 14.0. The van der Waals surface area contributed by atoms with E-state index in [2.05, 4.69) is 5.32 Å². The van der Waals surface area contributed by atoms with E-state index in [1.807, 2.05) is 0 Å². The number of carboxylic acid groups (broad SMARTS) is 1. The third-order valence-electron chi connectivity index (χ3n) is 2.93. The van der Waals surface area contributed by atoms with E-state index in [4.69, 9.17) is 5.11 Å². The maximum Gasteiger partial charge on any atom is 0.324 e. The van der Waals surface area contributed by atoms with E-state index in [1.54, 1.807) is 0 Å². The summed E-state index contributed by atoms with van der Waals surface area (Å²) in [5.41, 5.74) is 0.202. The normalized spacial score (nSPS) is 15.8. The molecule has 2 N–H and O–H groups in total. The SMILES string of the molecule is O=C(O)CC(NC(=O)c1csc([N+](=O)[O-])c1)C1CC1. The third kappa shape index (κ3) is 3.50. The lowest BCUT2D eigenvalue weighted by molar-refractivity contribution is -0.380. The first-order chi connectivity index (χ1) is 8.97. The zero-order valence-corrected chi connectivity index (χ0v) is 10.7. The van der Waals surface area contributed by atoms with Gasteiger partial charge in [0, 0.05) is 17.5 Å². The molecule has 1 fully saturated rings. The van der Waals surface area contributed by atoms with Crippen molar-refractivity contribution in [1.82, 2.24) is 5.32 Å². The minimum Gasteiger partial charge on any atom is -0.481 e. The van der Waals surface area contributed by atoms with Crippen LogP contribution in [0.2, 0.25) is 0 Å². The van der Waals surface area contributed by atoms with Crippen LogP contribution in [0, 0.1) is 16.0 Å². The molecule has 1 aliphatic carbocycles. The highest BCUT2D eigenvalue weighted by Gasteiger charge is 2.34. The number of aliphatic carboxylic acids is 1. The standard InChI is InChI=1S/C11H12N2O5S/c14-10(15)4-8(6-1-2-6)12-11(16)7-3-9(13(17)18)19-5-7/h3,5-6,8H,1-2,4H2,(H,12,16)(H,14,15). The van der Waals surface area contributed by atoms with Crippen molar-refractivity contribution >= 4 is 28.2 Å². The van der Waals surface area contributed by atoms with Crippen molar-refractivity contribution in [2.75, 3.05) is 0 Å². The first-order valence-corrected chi connectivity index (χ1v) is 6.61. The summed E-state index contributed by atoms with van der Waals surface area (Å²) in [6, 6.07) is 0.800. The molecule has 1 atom stereocenters. The van der Waals surface area contributed by atoms with E-state index in [-0.39, 0.29) is 22.9 Å². The van der Waals surface area contributed by atoms with Gasteiger partial charge in [0.1, 0.15) is 0 Å². The molecule has 0 radical (unpaired) electrons. The summed E-state index contributed by atoms with van der Waals surface area (Å²) < 4.78 is 0. The number of carbonyl (C=O) groups excluding carboxylic acids is 1. The molecule has 8 heteroatoms. The lowest BCUT2D eigenvalue weighted by atomic mass is 10.1. The van der Waals surface area contributed by atoms with E-state index >= 15 is 0 Å². The molecule has 102 valence electrons. The Labute approximate surface area is 112 Å². The second-order valence-electron chi connectivity index (χ2n) is 4.45. The van der Waals surface area contributed by atoms with Crippen LogP contribution in [0.15, 0.2) is 11.4 Å². The summed E-state index contributed by atoms with van der Waals surface area (Å²) in [4.78, 5) is 32.6. The Kier molecular flexibility index (Phi) is 3.79. The molecule has 0 aromatic carbocycles. The molecule has 1 aromatic heterocycles. The maximum atomic E-state index is 11.9. The second-order valence-corrected chi connectivity index (χ2v) is 5.34. The minimum atomic E-state index is -0.964. The molecule has 1 aliphatic rings. The summed E-state index contributed by atoms with van der Waals surface area (Å²) >= 11 is 0.875. The summed E-state index contributed by atoms with van der Waals surface area (Å²) in [5, 5.41) is 23.3. The Balaban J connectivity index is 2.01. The van der Waals surface area contributed by atoms with Gasteiger partial charge in [-0.2, -0.15) is 0 Å². The van der Waals surface area contributed by atoms with Crippen LogP contribution in [-0.4, -0.2) is 27.9 Å². The number of carboxylic acids is 1. The molecule has 0 aliphatic heterocycles. The molecule has 1 amide bonds. The van der Waals surface area contributed by atoms with Gasteiger partial charge < -0.3 is 10.4 Å². The Hall–Kier alpha value is -1.96. The van der Waals surface area contributed by atoms with Crippen molar-refractivity contribution < 1.29 is 19.6 Å². The van der Waals surface area contributed by atoms with Crippen molar-refractivity contribution in [1.29, 1.82) is 0 Å². The molecule has 1 heterocycles. The van der Waals surface area contributed by atoms with Crippen LogP contribution < -0.4 is 5.32 Å². The fourth-order valence-corrected chi connectivity index (χ4v) is 2.52. The predicted molar refractivity (Wildman–Crippen MR) is 67.2 cm³/mol. The molecule has 0 spiro atoms. The van der Waals surface area contributed by atoms with Gasteiger partial charge in [-0.25, -0.2) is 0 Å². The number of thiophene rings is 1. The lowest BCUT2D eigenvalue weighted by Crippen LogP contribution is -2.37. The first-order valence-electron chi connectivity index (χ1n) is 5.73. The van der Waals surface area contributed by atoms with E-state index in [0.29, 0.717) is 0 Å². The van der Waals surface area contributed by atoms with Gasteiger partial charge in [-0.3, -0.25) is 19.7 Å². The molecule has 2 rings (SSSR count). The van der Waals surface area contributed by atoms with Crippen LogP contribution in [0.1, 0.15) is 29.6 Å². The van der Waals surface area contributed by atoms with Crippen molar-refractivity contribution in [2.45, 2.75) is 25.3 Å². The molecule has 19 heavy (non-hydrogen) atoms. The fraction of sp³-hybridized carbons (Fsp3) is 0.455. The fourth-order valence-electron chi connectivity index (χ4n) is 1.81. The summed E-state index contributed by atoms with van der Waals surface area (Å²) in [7, 11) is 0. The van der Waals surface area contributed by atoms with Crippen molar-refractivity contribution in [2.24, 2.45) is 5.92 Å².